The maximum atomic E-state index is 13.1. The largest absolute Gasteiger partial charge is 0.480 e. The molecule has 1 aliphatic heterocycles. The molecule has 1 aliphatic carbocycles. The second kappa shape index (κ2) is 10.7. The Morgan fingerprint density at radius 1 is 1.00 bits per heavy atom. The summed E-state index contributed by atoms with van der Waals surface area (Å²) in [4.78, 5) is 40.2. The Kier molecular flexibility index (Phi) is 7.47. The lowest BCUT2D eigenvalue weighted by atomic mass is 9.98. The minimum Gasteiger partial charge on any atom is -0.480 e. The highest BCUT2D eigenvalue weighted by atomic mass is 16.5. The van der Waals surface area contributed by atoms with Gasteiger partial charge in [0, 0.05) is 32.1 Å². The monoisotopic (exact) mass is 465 g/mol. The lowest BCUT2D eigenvalue weighted by molar-refractivity contribution is -0.138. The van der Waals surface area contributed by atoms with Crippen molar-refractivity contribution in [3.05, 3.63) is 59.7 Å². The number of aliphatic carboxylic acids is 1. The summed E-state index contributed by atoms with van der Waals surface area (Å²) in [6.45, 7) is 4.12. The number of nitrogens with zero attached hydrogens (tertiary/aromatic N) is 2. The van der Waals surface area contributed by atoms with Gasteiger partial charge < -0.3 is 20.1 Å². The first-order chi connectivity index (χ1) is 16.5. The van der Waals surface area contributed by atoms with E-state index in [0.717, 1.165) is 22.3 Å². The highest BCUT2D eigenvalue weighted by Crippen LogP contribution is 2.44. The van der Waals surface area contributed by atoms with E-state index >= 15 is 0 Å². The minimum absolute atomic E-state index is 0.0305. The molecular formula is C26H31N3O5. The van der Waals surface area contributed by atoms with Gasteiger partial charge in [0.05, 0.1) is 6.54 Å². The van der Waals surface area contributed by atoms with Crippen molar-refractivity contribution in [1.29, 1.82) is 0 Å². The van der Waals surface area contributed by atoms with E-state index in [1.807, 2.05) is 36.1 Å². The number of carboxylic acid groups (broad SMARTS) is 1. The number of fused-ring (bicyclic) bond motifs is 3. The normalized spacial score (nSPS) is 16.8. The van der Waals surface area contributed by atoms with Gasteiger partial charge in [-0.1, -0.05) is 55.5 Å². The summed E-state index contributed by atoms with van der Waals surface area (Å²) in [7, 11) is 0. The second-order valence-corrected chi connectivity index (χ2v) is 8.78. The lowest BCUT2D eigenvalue weighted by Crippen LogP contribution is -2.49. The number of rotatable bonds is 7. The fourth-order valence-corrected chi connectivity index (χ4v) is 4.88. The molecule has 0 radical (unpaired) electrons. The number of benzene rings is 2. The van der Waals surface area contributed by atoms with Gasteiger partial charge >= 0.3 is 12.1 Å². The molecule has 4 rings (SSSR count). The first-order valence-corrected chi connectivity index (χ1v) is 11.8. The SMILES string of the molecule is CCC(NC(=O)OCC1c2ccccc2-c2ccccc21)C(=O)N1CCCN(CC(=O)O)CC1. The number of carbonyl (C=O) groups excluding carboxylic acids is 2. The number of nitrogens with one attached hydrogen (secondary N) is 1. The second-order valence-electron chi connectivity index (χ2n) is 8.78. The molecule has 0 saturated carbocycles. The van der Waals surface area contributed by atoms with Gasteiger partial charge in [0.1, 0.15) is 12.6 Å². The first kappa shape index (κ1) is 23.8. The van der Waals surface area contributed by atoms with E-state index in [-0.39, 0.29) is 25.0 Å². The molecule has 1 saturated heterocycles. The van der Waals surface area contributed by atoms with Gasteiger partial charge in [-0.05, 0) is 35.1 Å². The maximum Gasteiger partial charge on any atom is 0.407 e. The van der Waals surface area contributed by atoms with Gasteiger partial charge in [0.15, 0.2) is 0 Å². The van der Waals surface area contributed by atoms with E-state index in [1.54, 1.807) is 4.90 Å². The molecule has 0 bridgehead atoms. The third kappa shape index (κ3) is 5.22. The van der Waals surface area contributed by atoms with Gasteiger partial charge in [-0.3, -0.25) is 14.5 Å². The van der Waals surface area contributed by atoms with Crippen molar-refractivity contribution in [2.45, 2.75) is 31.7 Å². The Bertz CT molecular complexity index is 1010. The Labute approximate surface area is 199 Å². The molecule has 2 aromatic rings. The zero-order valence-corrected chi connectivity index (χ0v) is 19.4. The number of hydrogen-bond donors (Lipinski definition) is 2. The smallest absolute Gasteiger partial charge is 0.407 e. The van der Waals surface area contributed by atoms with Crippen molar-refractivity contribution in [3.8, 4) is 11.1 Å². The fraction of sp³-hybridized carbons (Fsp3) is 0.423. The Morgan fingerprint density at radius 3 is 2.26 bits per heavy atom. The van der Waals surface area contributed by atoms with Crippen LogP contribution in [-0.4, -0.2) is 78.2 Å². The lowest BCUT2D eigenvalue weighted by Gasteiger charge is -2.26. The van der Waals surface area contributed by atoms with Gasteiger partial charge in [0.25, 0.3) is 0 Å². The standard InChI is InChI=1S/C26H31N3O5/c1-2-23(25(32)29-13-7-12-28(14-15-29)16-24(30)31)27-26(33)34-17-22-20-10-5-3-8-18(20)19-9-4-6-11-21(19)22/h3-6,8-11,22-23H,2,7,12-17H2,1H3,(H,27,33)(H,30,31). The molecule has 2 aliphatic rings. The third-order valence-corrected chi connectivity index (χ3v) is 6.60. The summed E-state index contributed by atoms with van der Waals surface area (Å²) in [5, 5.41) is 11.8. The molecule has 34 heavy (non-hydrogen) atoms. The molecular weight excluding hydrogens is 434 g/mol. The van der Waals surface area contributed by atoms with E-state index in [9.17, 15) is 14.4 Å². The Hall–Kier alpha value is -3.39. The van der Waals surface area contributed by atoms with Crippen molar-refractivity contribution in [1.82, 2.24) is 15.1 Å². The topological polar surface area (TPSA) is 99.2 Å². The van der Waals surface area contributed by atoms with Crippen LogP contribution < -0.4 is 5.32 Å². The zero-order chi connectivity index (χ0) is 24.1. The quantitative estimate of drug-likeness (QED) is 0.652. The molecule has 1 unspecified atom stereocenters. The number of hydrogen-bond acceptors (Lipinski definition) is 5. The summed E-state index contributed by atoms with van der Waals surface area (Å²) in [6, 6.07) is 15.6. The number of carboxylic acids is 1. The molecule has 180 valence electrons. The summed E-state index contributed by atoms with van der Waals surface area (Å²) < 4.78 is 5.60. The van der Waals surface area contributed by atoms with Crippen molar-refractivity contribution in [2.24, 2.45) is 0 Å². The van der Waals surface area contributed by atoms with Crippen LogP contribution in [-0.2, 0) is 14.3 Å². The van der Waals surface area contributed by atoms with Crippen molar-refractivity contribution in [3.63, 3.8) is 0 Å². The van der Waals surface area contributed by atoms with E-state index in [2.05, 4.69) is 29.6 Å². The van der Waals surface area contributed by atoms with E-state index in [4.69, 9.17) is 9.84 Å². The number of carbonyl (C=O) groups is 3. The first-order valence-electron chi connectivity index (χ1n) is 11.8. The van der Waals surface area contributed by atoms with Crippen LogP contribution >= 0.6 is 0 Å². The van der Waals surface area contributed by atoms with Gasteiger partial charge in [-0.15, -0.1) is 0 Å². The molecule has 2 aromatic carbocycles. The molecule has 1 heterocycles. The van der Waals surface area contributed by atoms with Gasteiger partial charge in [-0.25, -0.2) is 4.79 Å². The summed E-state index contributed by atoms with van der Waals surface area (Å²) in [5.74, 6) is -1.07. The predicted octanol–water partition coefficient (Wildman–Crippen LogP) is 2.92. The number of amides is 2. The molecule has 1 fully saturated rings. The molecule has 0 spiro atoms. The summed E-state index contributed by atoms with van der Waals surface area (Å²) >= 11 is 0. The minimum atomic E-state index is -0.872. The number of ether oxygens (including phenoxy) is 1. The fourth-order valence-electron chi connectivity index (χ4n) is 4.88. The van der Waals surface area contributed by atoms with Crippen LogP contribution in [0.25, 0.3) is 11.1 Å². The molecule has 8 nitrogen and oxygen atoms in total. The molecule has 1 atom stereocenters. The van der Waals surface area contributed by atoms with Crippen LogP contribution in [0.4, 0.5) is 4.79 Å². The highest BCUT2D eigenvalue weighted by molar-refractivity contribution is 5.86. The van der Waals surface area contributed by atoms with Crippen LogP contribution in [0.1, 0.15) is 36.8 Å². The van der Waals surface area contributed by atoms with Crippen molar-refractivity contribution >= 4 is 18.0 Å². The average Bonchev–Trinajstić information content (AvgIpc) is 2.97. The average molecular weight is 466 g/mol. The van der Waals surface area contributed by atoms with E-state index in [1.165, 1.54) is 0 Å². The van der Waals surface area contributed by atoms with Crippen LogP contribution in [0.15, 0.2) is 48.5 Å². The number of alkyl carbamates (subject to hydrolysis) is 1. The van der Waals surface area contributed by atoms with Crippen LogP contribution in [0.2, 0.25) is 0 Å². The Morgan fingerprint density at radius 2 is 1.65 bits per heavy atom. The Balaban J connectivity index is 1.34. The zero-order valence-electron chi connectivity index (χ0n) is 19.4. The molecule has 2 N–H and O–H groups in total. The molecule has 8 heteroatoms. The van der Waals surface area contributed by atoms with E-state index < -0.39 is 18.1 Å². The van der Waals surface area contributed by atoms with Gasteiger partial charge in [0.2, 0.25) is 5.91 Å². The van der Waals surface area contributed by atoms with Gasteiger partial charge in [-0.2, -0.15) is 0 Å². The van der Waals surface area contributed by atoms with Crippen LogP contribution in [0.3, 0.4) is 0 Å². The summed E-state index contributed by atoms with van der Waals surface area (Å²) in [5.41, 5.74) is 4.59. The highest BCUT2D eigenvalue weighted by Gasteiger charge is 2.30. The van der Waals surface area contributed by atoms with Crippen molar-refractivity contribution < 1.29 is 24.2 Å². The third-order valence-electron chi connectivity index (χ3n) is 6.60. The predicted molar refractivity (Wildman–Crippen MR) is 128 cm³/mol. The van der Waals surface area contributed by atoms with Crippen molar-refractivity contribution in [2.75, 3.05) is 39.3 Å². The summed E-state index contributed by atoms with van der Waals surface area (Å²) in [6.07, 6.45) is 0.531. The maximum absolute atomic E-state index is 13.1. The van der Waals surface area contributed by atoms with E-state index in [0.29, 0.717) is 39.0 Å². The van der Waals surface area contributed by atoms with Crippen LogP contribution in [0.5, 0.6) is 0 Å². The molecule has 0 aromatic heterocycles. The van der Waals surface area contributed by atoms with Crippen LogP contribution in [0, 0.1) is 0 Å². The molecule has 2 amide bonds.